The molecule has 0 bridgehead atoms. The number of benzene rings is 1. The molecule has 1 aromatic carbocycles. The minimum Gasteiger partial charge on any atom is -0.464 e. The molecule has 0 atom stereocenters. The third-order valence-corrected chi connectivity index (χ3v) is 4.50. The van der Waals surface area contributed by atoms with Gasteiger partial charge in [-0.2, -0.15) is 5.26 Å². The molecule has 2 N–H and O–H groups in total. The molecular formula is C17H17ClN4O2. The Morgan fingerprint density at radius 1 is 1.38 bits per heavy atom. The molecule has 0 aliphatic carbocycles. The molecular weight excluding hydrogens is 328 g/mol. The van der Waals surface area contributed by atoms with Gasteiger partial charge in [-0.15, -0.1) is 0 Å². The van der Waals surface area contributed by atoms with Crippen molar-refractivity contribution in [1.82, 2.24) is 4.57 Å². The van der Waals surface area contributed by atoms with E-state index in [4.69, 9.17) is 22.1 Å². The number of nitriles is 1. The van der Waals surface area contributed by atoms with E-state index in [1.807, 2.05) is 18.2 Å². The summed E-state index contributed by atoms with van der Waals surface area (Å²) in [7, 11) is 1.28. The molecule has 0 amide bonds. The number of carbonyl (C=O) groups is 1. The summed E-state index contributed by atoms with van der Waals surface area (Å²) in [6.07, 6.45) is 3.73. The second-order valence-electron chi connectivity index (χ2n) is 5.58. The highest BCUT2D eigenvalue weighted by Crippen LogP contribution is 2.37. The first-order valence-corrected chi connectivity index (χ1v) is 7.99. The SMILES string of the molecule is COC(=O)c1c(N)c(C#N)cn1-c1cccc(Cl)c1N1CCCC1. The van der Waals surface area contributed by atoms with E-state index >= 15 is 0 Å². The summed E-state index contributed by atoms with van der Waals surface area (Å²) in [6, 6.07) is 7.48. The van der Waals surface area contributed by atoms with E-state index in [1.165, 1.54) is 7.11 Å². The van der Waals surface area contributed by atoms with Crippen LogP contribution < -0.4 is 10.6 Å². The average Bonchev–Trinajstić information content (AvgIpc) is 3.21. The number of nitrogens with zero attached hydrogens (tertiary/aromatic N) is 3. The van der Waals surface area contributed by atoms with Crippen LogP contribution in [0.1, 0.15) is 28.9 Å². The summed E-state index contributed by atoms with van der Waals surface area (Å²) in [5.74, 6) is -0.596. The number of nitrogens with two attached hydrogens (primary N) is 1. The van der Waals surface area contributed by atoms with Crippen LogP contribution in [-0.4, -0.2) is 30.7 Å². The number of rotatable bonds is 3. The van der Waals surface area contributed by atoms with Crippen LogP contribution in [0.5, 0.6) is 0 Å². The van der Waals surface area contributed by atoms with Gasteiger partial charge in [-0.25, -0.2) is 4.79 Å². The summed E-state index contributed by atoms with van der Waals surface area (Å²) < 4.78 is 6.43. The lowest BCUT2D eigenvalue weighted by Gasteiger charge is -2.23. The Bertz CT molecular complexity index is 832. The first-order valence-electron chi connectivity index (χ1n) is 7.61. The largest absolute Gasteiger partial charge is 0.464 e. The zero-order valence-corrected chi connectivity index (χ0v) is 14.0. The van der Waals surface area contributed by atoms with Gasteiger partial charge in [0.05, 0.1) is 34.8 Å². The minimum absolute atomic E-state index is 0.108. The van der Waals surface area contributed by atoms with Crippen molar-refractivity contribution in [1.29, 1.82) is 5.26 Å². The van der Waals surface area contributed by atoms with Gasteiger partial charge in [0, 0.05) is 19.3 Å². The van der Waals surface area contributed by atoms with Gasteiger partial charge in [-0.3, -0.25) is 0 Å². The fourth-order valence-corrected chi connectivity index (χ4v) is 3.35. The molecule has 6 nitrogen and oxygen atoms in total. The maximum Gasteiger partial charge on any atom is 0.357 e. The smallest absolute Gasteiger partial charge is 0.357 e. The van der Waals surface area contributed by atoms with Crippen molar-refractivity contribution in [3.8, 4) is 11.8 Å². The molecule has 1 aromatic heterocycles. The quantitative estimate of drug-likeness (QED) is 0.865. The number of hydrogen-bond acceptors (Lipinski definition) is 5. The van der Waals surface area contributed by atoms with Crippen LogP contribution >= 0.6 is 11.6 Å². The molecule has 24 heavy (non-hydrogen) atoms. The molecule has 0 unspecified atom stereocenters. The van der Waals surface area contributed by atoms with E-state index in [-0.39, 0.29) is 16.9 Å². The van der Waals surface area contributed by atoms with Crippen molar-refractivity contribution in [3.05, 3.63) is 40.7 Å². The van der Waals surface area contributed by atoms with Gasteiger partial charge in [0.15, 0.2) is 5.69 Å². The maximum absolute atomic E-state index is 12.2. The molecule has 1 fully saturated rings. The lowest BCUT2D eigenvalue weighted by atomic mass is 10.2. The van der Waals surface area contributed by atoms with Crippen molar-refractivity contribution in [2.75, 3.05) is 30.8 Å². The third kappa shape index (κ3) is 2.57. The second kappa shape index (κ2) is 6.46. The predicted molar refractivity (Wildman–Crippen MR) is 92.7 cm³/mol. The summed E-state index contributed by atoms with van der Waals surface area (Å²) in [6.45, 7) is 1.79. The number of anilines is 2. The molecule has 0 spiro atoms. The molecule has 1 aliphatic rings. The predicted octanol–water partition coefficient (Wildman–Crippen LogP) is 2.97. The molecule has 1 saturated heterocycles. The minimum atomic E-state index is -0.596. The van der Waals surface area contributed by atoms with E-state index < -0.39 is 5.97 Å². The van der Waals surface area contributed by atoms with Gasteiger partial charge in [0.1, 0.15) is 6.07 Å². The highest BCUT2D eigenvalue weighted by atomic mass is 35.5. The topological polar surface area (TPSA) is 84.3 Å². The number of methoxy groups -OCH3 is 1. The van der Waals surface area contributed by atoms with Gasteiger partial charge in [0.2, 0.25) is 0 Å². The molecule has 7 heteroatoms. The second-order valence-corrected chi connectivity index (χ2v) is 5.99. The number of para-hydroxylation sites is 1. The highest BCUT2D eigenvalue weighted by Gasteiger charge is 2.26. The number of esters is 1. The lowest BCUT2D eigenvalue weighted by Crippen LogP contribution is -2.21. The first-order chi connectivity index (χ1) is 11.6. The molecule has 0 radical (unpaired) electrons. The zero-order chi connectivity index (χ0) is 17.3. The van der Waals surface area contributed by atoms with Gasteiger partial charge >= 0.3 is 5.97 Å². The average molecular weight is 345 g/mol. The van der Waals surface area contributed by atoms with Crippen molar-refractivity contribution >= 4 is 28.9 Å². The fraction of sp³-hybridized carbons (Fsp3) is 0.294. The Labute approximate surface area is 145 Å². The van der Waals surface area contributed by atoms with Crippen LogP contribution in [-0.2, 0) is 4.74 Å². The molecule has 124 valence electrons. The van der Waals surface area contributed by atoms with E-state index in [1.54, 1.807) is 16.8 Å². The van der Waals surface area contributed by atoms with Gasteiger partial charge in [-0.1, -0.05) is 17.7 Å². The van der Waals surface area contributed by atoms with Crippen LogP contribution in [0, 0.1) is 11.3 Å². The summed E-state index contributed by atoms with van der Waals surface area (Å²) in [5.41, 5.74) is 7.99. The molecule has 1 aliphatic heterocycles. The first kappa shape index (κ1) is 16.2. The van der Waals surface area contributed by atoms with Gasteiger partial charge < -0.3 is 19.9 Å². The molecule has 2 heterocycles. The number of halogens is 1. The Morgan fingerprint density at radius 3 is 2.71 bits per heavy atom. The van der Waals surface area contributed by atoms with Crippen LogP contribution in [0.4, 0.5) is 11.4 Å². The van der Waals surface area contributed by atoms with Gasteiger partial charge in [-0.05, 0) is 25.0 Å². The number of nitrogen functional groups attached to an aromatic ring is 1. The number of carbonyl (C=O) groups excluding carboxylic acids is 1. The summed E-state index contributed by atoms with van der Waals surface area (Å²) >= 11 is 6.44. The normalized spacial score (nSPS) is 13.8. The van der Waals surface area contributed by atoms with E-state index in [9.17, 15) is 10.1 Å². The van der Waals surface area contributed by atoms with Crippen LogP contribution in [0.15, 0.2) is 24.4 Å². The number of aromatic nitrogens is 1. The fourth-order valence-electron chi connectivity index (χ4n) is 3.06. The Morgan fingerprint density at radius 2 is 2.08 bits per heavy atom. The Hall–Kier alpha value is -2.65. The van der Waals surface area contributed by atoms with Gasteiger partial charge in [0.25, 0.3) is 0 Å². The van der Waals surface area contributed by atoms with E-state index in [0.717, 1.165) is 31.6 Å². The van der Waals surface area contributed by atoms with Crippen molar-refractivity contribution < 1.29 is 9.53 Å². The maximum atomic E-state index is 12.2. The van der Waals surface area contributed by atoms with Crippen LogP contribution in [0.25, 0.3) is 5.69 Å². The van der Waals surface area contributed by atoms with Crippen molar-refractivity contribution in [2.45, 2.75) is 12.8 Å². The molecule has 2 aromatic rings. The van der Waals surface area contributed by atoms with Crippen molar-refractivity contribution in [3.63, 3.8) is 0 Å². The summed E-state index contributed by atoms with van der Waals surface area (Å²) in [5, 5.41) is 9.85. The monoisotopic (exact) mass is 344 g/mol. The van der Waals surface area contributed by atoms with Crippen molar-refractivity contribution in [2.24, 2.45) is 0 Å². The Kier molecular flexibility index (Phi) is 4.36. The van der Waals surface area contributed by atoms with E-state index in [0.29, 0.717) is 10.7 Å². The summed E-state index contributed by atoms with van der Waals surface area (Å²) in [4.78, 5) is 14.4. The van der Waals surface area contributed by atoms with E-state index in [2.05, 4.69) is 4.90 Å². The lowest BCUT2D eigenvalue weighted by molar-refractivity contribution is 0.0593. The standard InChI is InChI=1S/C17H17ClN4O2/c1-24-17(23)16-14(20)11(9-19)10-22(16)13-6-4-5-12(18)15(13)21-7-2-3-8-21/h4-6,10H,2-3,7-8,20H2,1H3. The van der Waals surface area contributed by atoms with Crippen LogP contribution in [0.2, 0.25) is 5.02 Å². The number of hydrogen-bond donors (Lipinski definition) is 1. The molecule has 0 saturated carbocycles. The molecule has 3 rings (SSSR count). The zero-order valence-electron chi connectivity index (χ0n) is 13.3. The Balaban J connectivity index is 2.25. The van der Waals surface area contributed by atoms with Crippen LogP contribution in [0.3, 0.4) is 0 Å². The highest BCUT2D eigenvalue weighted by molar-refractivity contribution is 6.33. The number of ether oxygens (including phenoxy) is 1. The third-order valence-electron chi connectivity index (χ3n) is 4.19.